The molecule has 2 rings (SSSR count). The first kappa shape index (κ1) is 15.8. The Morgan fingerprint density at radius 1 is 1.29 bits per heavy atom. The van der Waals surface area contributed by atoms with Crippen LogP contribution < -0.4 is 11.1 Å². The zero-order valence-electron chi connectivity index (χ0n) is 11.5. The van der Waals surface area contributed by atoms with E-state index in [1.807, 2.05) is 4.90 Å². The lowest BCUT2D eigenvalue weighted by atomic mass is 10.0. The molecule has 0 bridgehead atoms. The second-order valence-electron chi connectivity index (χ2n) is 5.13. The fourth-order valence-corrected chi connectivity index (χ4v) is 2.53. The van der Waals surface area contributed by atoms with Gasteiger partial charge in [-0.15, -0.1) is 0 Å². The topological polar surface area (TPSA) is 58.4 Å². The zero-order valence-corrected chi connectivity index (χ0v) is 11.5. The van der Waals surface area contributed by atoms with Crippen molar-refractivity contribution in [1.82, 2.24) is 4.90 Å². The number of hydrogen-bond donors (Lipinski definition) is 2. The van der Waals surface area contributed by atoms with Gasteiger partial charge in [-0.1, -0.05) is 6.42 Å². The van der Waals surface area contributed by atoms with Crippen molar-refractivity contribution in [1.29, 1.82) is 0 Å². The number of likely N-dealkylation sites (tertiary alicyclic amines) is 1. The molecule has 1 heterocycles. The number of nitrogens with zero attached hydrogens (tertiary/aromatic N) is 1. The smallest absolute Gasteiger partial charge is 0.238 e. The minimum Gasteiger partial charge on any atom is -0.329 e. The quantitative estimate of drug-likeness (QED) is 0.835. The van der Waals surface area contributed by atoms with Gasteiger partial charge in [-0.2, -0.15) is 0 Å². The Bertz CT molecular complexity index is 524. The summed E-state index contributed by atoms with van der Waals surface area (Å²) in [6.07, 6.45) is 2.96. The highest BCUT2D eigenvalue weighted by Gasteiger charge is 2.23. The Balaban J connectivity index is 2.00. The number of piperidine rings is 1. The zero-order chi connectivity index (χ0) is 15.4. The number of rotatable bonds is 4. The van der Waals surface area contributed by atoms with Crippen LogP contribution in [0, 0.1) is 17.5 Å². The molecule has 7 heteroatoms. The molecule has 1 aromatic rings. The monoisotopic (exact) mass is 301 g/mol. The van der Waals surface area contributed by atoms with Gasteiger partial charge in [-0.25, -0.2) is 13.2 Å². The molecular formula is C14H18F3N3O. The Morgan fingerprint density at radius 2 is 2.05 bits per heavy atom. The van der Waals surface area contributed by atoms with Crippen molar-refractivity contribution >= 4 is 11.6 Å². The van der Waals surface area contributed by atoms with E-state index < -0.39 is 23.4 Å². The predicted molar refractivity (Wildman–Crippen MR) is 73.2 cm³/mol. The molecule has 1 aromatic carbocycles. The lowest BCUT2D eigenvalue weighted by molar-refractivity contribution is -0.118. The fraction of sp³-hybridized carbons (Fsp3) is 0.500. The summed E-state index contributed by atoms with van der Waals surface area (Å²) >= 11 is 0. The molecule has 1 fully saturated rings. The maximum absolute atomic E-state index is 13.5. The number of nitrogens with two attached hydrogens (primary N) is 1. The van der Waals surface area contributed by atoms with Crippen LogP contribution in [0.2, 0.25) is 0 Å². The van der Waals surface area contributed by atoms with Crippen molar-refractivity contribution in [3.8, 4) is 0 Å². The molecule has 116 valence electrons. The van der Waals surface area contributed by atoms with Gasteiger partial charge in [0.2, 0.25) is 5.91 Å². The van der Waals surface area contributed by atoms with Crippen LogP contribution in [0.1, 0.15) is 19.3 Å². The number of benzene rings is 1. The van der Waals surface area contributed by atoms with Gasteiger partial charge in [-0.3, -0.25) is 9.69 Å². The number of carbonyl (C=O) groups is 1. The van der Waals surface area contributed by atoms with Gasteiger partial charge in [0, 0.05) is 12.6 Å². The van der Waals surface area contributed by atoms with Crippen molar-refractivity contribution in [2.24, 2.45) is 5.73 Å². The van der Waals surface area contributed by atoms with Crippen LogP contribution in [-0.4, -0.2) is 36.5 Å². The first-order valence-electron chi connectivity index (χ1n) is 6.90. The molecule has 0 aromatic heterocycles. The van der Waals surface area contributed by atoms with Crippen molar-refractivity contribution in [3.05, 3.63) is 29.6 Å². The summed E-state index contributed by atoms with van der Waals surface area (Å²) in [6.45, 7) is 1.25. The summed E-state index contributed by atoms with van der Waals surface area (Å²) in [5, 5.41) is 2.27. The van der Waals surface area contributed by atoms with Crippen LogP contribution in [0.3, 0.4) is 0 Å². The normalized spacial score (nSPS) is 19.5. The van der Waals surface area contributed by atoms with Gasteiger partial charge in [0.15, 0.2) is 17.5 Å². The van der Waals surface area contributed by atoms with Gasteiger partial charge >= 0.3 is 0 Å². The molecule has 21 heavy (non-hydrogen) atoms. The molecule has 1 unspecified atom stereocenters. The molecule has 1 amide bonds. The summed E-state index contributed by atoms with van der Waals surface area (Å²) in [4.78, 5) is 13.8. The summed E-state index contributed by atoms with van der Waals surface area (Å²) in [7, 11) is 0. The van der Waals surface area contributed by atoms with Crippen LogP contribution in [-0.2, 0) is 4.79 Å². The average Bonchev–Trinajstić information content (AvgIpc) is 2.48. The van der Waals surface area contributed by atoms with E-state index in [1.54, 1.807) is 0 Å². The summed E-state index contributed by atoms with van der Waals surface area (Å²) < 4.78 is 39.4. The lowest BCUT2D eigenvalue weighted by Gasteiger charge is -2.34. The molecule has 0 saturated carbocycles. The van der Waals surface area contributed by atoms with E-state index >= 15 is 0 Å². The molecule has 1 aliphatic rings. The molecule has 3 N–H and O–H groups in total. The Hall–Kier alpha value is -1.60. The first-order chi connectivity index (χ1) is 10.0. The third-order valence-corrected chi connectivity index (χ3v) is 3.68. The Kier molecular flexibility index (Phi) is 5.19. The minimum absolute atomic E-state index is 0.0559. The lowest BCUT2D eigenvalue weighted by Crippen LogP contribution is -2.47. The standard InChI is InChI=1S/C14H18F3N3O/c15-10-4-5-11(14(17)13(10)16)19-12(21)8-20-6-2-1-3-9(20)7-18/h4-5,9H,1-3,6-8,18H2,(H,19,21). The maximum atomic E-state index is 13.5. The molecule has 1 atom stereocenters. The molecule has 0 spiro atoms. The molecule has 1 saturated heterocycles. The first-order valence-corrected chi connectivity index (χ1v) is 6.90. The fourth-order valence-electron chi connectivity index (χ4n) is 2.53. The minimum atomic E-state index is -1.59. The van der Waals surface area contributed by atoms with Crippen LogP contribution in [0.5, 0.6) is 0 Å². The van der Waals surface area contributed by atoms with Crippen LogP contribution >= 0.6 is 0 Å². The largest absolute Gasteiger partial charge is 0.329 e. The third kappa shape index (κ3) is 3.74. The highest BCUT2D eigenvalue weighted by Crippen LogP contribution is 2.20. The van der Waals surface area contributed by atoms with Crippen molar-refractivity contribution in [2.45, 2.75) is 25.3 Å². The Labute approximate surface area is 121 Å². The van der Waals surface area contributed by atoms with Crippen molar-refractivity contribution < 1.29 is 18.0 Å². The number of anilines is 1. The highest BCUT2D eigenvalue weighted by atomic mass is 19.2. The third-order valence-electron chi connectivity index (χ3n) is 3.68. The van der Waals surface area contributed by atoms with Gasteiger partial charge in [-0.05, 0) is 31.5 Å². The van der Waals surface area contributed by atoms with Gasteiger partial charge in [0.25, 0.3) is 0 Å². The van der Waals surface area contributed by atoms with Crippen molar-refractivity contribution in [3.63, 3.8) is 0 Å². The van der Waals surface area contributed by atoms with Crippen LogP contribution in [0.25, 0.3) is 0 Å². The van der Waals surface area contributed by atoms with E-state index in [4.69, 9.17) is 5.73 Å². The molecule has 0 radical (unpaired) electrons. The van der Waals surface area contributed by atoms with Gasteiger partial charge in [0.1, 0.15) is 0 Å². The second-order valence-corrected chi connectivity index (χ2v) is 5.13. The Morgan fingerprint density at radius 3 is 2.76 bits per heavy atom. The summed E-state index contributed by atoms with van der Waals surface area (Å²) in [5.74, 6) is -4.74. The van der Waals surface area contributed by atoms with E-state index in [9.17, 15) is 18.0 Å². The average molecular weight is 301 g/mol. The summed E-state index contributed by atoms with van der Waals surface area (Å²) in [5.41, 5.74) is 5.30. The predicted octanol–water partition coefficient (Wildman–Crippen LogP) is 1.86. The highest BCUT2D eigenvalue weighted by molar-refractivity contribution is 5.92. The number of carbonyl (C=O) groups excluding carboxylic acids is 1. The van der Waals surface area contributed by atoms with Crippen molar-refractivity contribution in [2.75, 3.05) is 25.0 Å². The van der Waals surface area contributed by atoms with Gasteiger partial charge < -0.3 is 11.1 Å². The van der Waals surface area contributed by atoms with E-state index in [-0.39, 0.29) is 18.3 Å². The number of amides is 1. The van der Waals surface area contributed by atoms with E-state index in [0.29, 0.717) is 6.54 Å². The number of hydrogen-bond acceptors (Lipinski definition) is 3. The molecule has 0 aliphatic carbocycles. The number of nitrogens with one attached hydrogen (secondary N) is 1. The maximum Gasteiger partial charge on any atom is 0.238 e. The molecule has 4 nitrogen and oxygen atoms in total. The van der Waals surface area contributed by atoms with E-state index in [0.717, 1.165) is 37.9 Å². The van der Waals surface area contributed by atoms with E-state index in [1.165, 1.54) is 0 Å². The van der Waals surface area contributed by atoms with E-state index in [2.05, 4.69) is 5.32 Å². The SMILES string of the molecule is NCC1CCCCN1CC(=O)Nc1ccc(F)c(F)c1F. The van der Waals surface area contributed by atoms with Gasteiger partial charge in [0.05, 0.1) is 12.2 Å². The summed E-state index contributed by atoms with van der Waals surface area (Å²) in [6, 6.07) is 1.90. The second kappa shape index (κ2) is 6.91. The molecule has 1 aliphatic heterocycles. The van der Waals surface area contributed by atoms with Crippen LogP contribution in [0.4, 0.5) is 18.9 Å². The van der Waals surface area contributed by atoms with Crippen LogP contribution in [0.15, 0.2) is 12.1 Å². The molecular weight excluding hydrogens is 283 g/mol. The number of halogens is 3.